The predicted octanol–water partition coefficient (Wildman–Crippen LogP) is 1.22. The molecule has 2 aliphatic rings. The van der Waals surface area contributed by atoms with Crippen LogP contribution in [0.15, 0.2) is 0 Å². The molecule has 1 heterocycles. The van der Waals surface area contributed by atoms with Crippen LogP contribution in [0.3, 0.4) is 0 Å². The van der Waals surface area contributed by atoms with Gasteiger partial charge in [-0.1, -0.05) is 6.92 Å². The molecule has 0 amide bonds. The molecule has 2 bridgehead atoms. The lowest BCUT2D eigenvalue weighted by Crippen LogP contribution is -2.39. The molecule has 3 heteroatoms. The van der Waals surface area contributed by atoms with Crippen molar-refractivity contribution in [3.8, 4) is 0 Å². The Balaban J connectivity index is 1.65. The fourth-order valence-electron chi connectivity index (χ4n) is 3.23. The molecule has 3 nitrogen and oxygen atoms in total. The molecule has 2 N–H and O–H groups in total. The average Bonchev–Trinajstić information content (AvgIpc) is 2.91. The van der Waals surface area contributed by atoms with Crippen molar-refractivity contribution in [2.24, 2.45) is 5.92 Å². The average molecular weight is 226 g/mol. The van der Waals surface area contributed by atoms with Gasteiger partial charge >= 0.3 is 0 Å². The highest BCUT2D eigenvalue weighted by Gasteiger charge is 2.37. The maximum atomic E-state index is 9.28. The van der Waals surface area contributed by atoms with Crippen molar-refractivity contribution in [2.75, 3.05) is 26.2 Å². The normalized spacial score (nSPS) is 31.1. The van der Waals surface area contributed by atoms with E-state index in [0.717, 1.165) is 31.3 Å². The van der Waals surface area contributed by atoms with E-state index in [-0.39, 0.29) is 6.61 Å². The molecule has 3 atom stereocenters. The van der Waals surface area contributed by atoms with E-state index in [1.807, 2.05) is 0 Å². The second-order valence-corrected chi connectivity index (χ2v) is 5.45. The number of aliphatic hydroxyl groups excluding tert-OH is 1. The number of aliphatic hydroxyl groups is 1. The number of nitrogens with zero attached hydrogens (tertiary/aromatic N) is 1. The van der Waals surface area contributed by atoms with E-state index in [4.69, 9.17) is 0 Å². The summed E-state index contributed by atoms with van der Waals surface area (Å²) in [7, 11) is 0. The van der Waals surface area contributed by atoms with Crippen LogP contribution in [0.2, 0.25) is 0 Å². The summed E-state index contributed by atoms with van der Waals surface area (Å²) in [4.78, 5) is 2.64. The van der Waals surface area contributed by atoms with Gasteiger partial charge in [0.25, 0.3) is 0 Å². The quantitative estimate of drug-likeness (QED) is 0.685. The predicted molar refractivity (Wildman–Crippen MR) is 66.5 cm³/mol. The summed E-state index contributed by atoms with van der Waals surface area (Å²) in [6.45, 7) is 5.96. The summed E-state index contributed by atoms with van der Waals surface area (Å²) in [6.07, 6.45) is 6.55. The lowest BCUT2D eigenvalue weighted by atomic mass is 10.1. The number of piperidine rings is 1. The number of likely N-dealkylation sites (tertiary alicyclic amines) is 1. The zero-order chi connectivity index (χ0) is 11.4. The maximum Gasteiger partial charge on any atom is 0.0585 e. The zero-order valence-corrected chi connectivity index (χ0v) is 10.5. The molecular weight excluding hydrogens is 200 g/mol. The van der Waals surface area contributed by atoms with Crippen molar-refractivity contribution in [3.05, 3.63) is 0 Å². The van der Waals surface area contributed by atoms with Crippen LogP contribution in [-0.4, -0.2) is 48.3 Å². The van der Waals surface area contributed by atoms with Crippen LogP contribution in [0.5, 0.6) is 0 Å². The lowest BCUT2D eigenvalue weighted by molar-refractivity contribution is 0.179. The molecule has 1 saturated carbocycles. The summed E-state index contributed by atoms with van der Waals surface area (Å²) in [5.41, 5.74) is 0. The van der Waals surface area contributed by atoms with Crippen molar-refractivity contribution in [3.63, 3.8) is 0 Å². The number of rotatable bonds is 7. The van der Waals surface area contributed by atoms with Crippen LogP contribution in [0.4, 0.5) is 0 Å². The van der Waals surface area contributed by atoms with Gasteiger partial charge in [-0.25, -0.2) is 0 Å². The Morgan fingerprint density at radius 1 is 1.44 bits per heavy atom. The SMILES string of the molecule is CCCNC(CO)CCN1CC2CCC1C2. The molecule has 0 aromatic carbocycles. The highest BCUT2D eigenvalue weighted by Crippen LogP contribution is 2.37. The van der Waals surface area contributed by atoms with E-state index in [9.17, 15) is 5.11 Å². The van der Waals surface area contributed by atoms with Gasteiger partial charge in [0.2, 0.25) is 0 Å². The van der Waals surface area contributed by atoms with E-state index in [1.54, 1.807) is 0 Å². The fraction of sp³-hybridized carbons (Fsp3) is 1.00. The Morgan fingerprint density at radius 3 is 2.88 bits per heavy atom. The highest BCUT2D eigenvalue weighted by molar-refractivity contribution is 4.92. The Kier molecular flexibility index (Phi) is 4.62. The first-order chi connectivity index (χ1) is 7.83. The molecule has 0 radical (unpaired) electrons. The molecule has 1 aliphatic carbocycles. The monoisotopic (exact) mass is 226 g/mol. The van der Waals surface area contributed by atoms with E-state index < -0.39 is 0 Å². The van der Waals surface area contributed by atoms with Crippen LogP contribution in [0, 0.1) is 5.92 Å². The third-order valence-corrected chi connectivity index (χ3v) is 4.19. The lowest BCUT2D eigenvalue weighted by Gasteiger charge is -2.28. The van der Waals surface area contributed by atoms with E-state index in [1.165, 1.54) is 32.4 Å². The smallest absolute Gasteiger partial charge is 0.0585 e. The Bertz CT molecular complexity index is 210. The second-order valence-electron chi connectivity index (χ2n) is 5.45. The number of hydrogen-bond acceptors (Lipinski definition) is 3. The van der Waals surface area contributed by atoms with Gasteiger partial charge in [0, 0.05) is 25.2 Å². The number of hydrogen-bond donors (Lipinski definition) is 2. The van der Waals surface area contributed by atoms with Gasteiger partial charge in [0.15, 0.2) is 0 Å². The third kappa shape index (κ3) is 2.96. The van der Waals surface area contributed by atoms with Gasteiger partial charge in [-0.05, 0) is 44.6 Å². The van der Waals surface area contributed by atoms with Crippen molar-refractivity contribution in [2.45, 2.75) is 51.1 Å². The Labute approximate surface area is 99.2 Å². The van der Waals surface area contributed by atoms with Crippen LogP contribution in [0.1, 0.15) is 39.0 Å². The molecule has 1 saturated heterocycles. The van der Waals surface area contributed by atoms with Gasteiger partial charge in [-0.3, -0.25) is 0 Å². The third-order valence-electron chi connectivity index (χ3n) is 4.19. The van der Waals surface area contributed by atoms with Gasteiger partial charge < -0.3 is 15.3 Å². The number of nitrogens with one attached hydrogen (secondary N) is 1. The minimum Gasteiger partial charge on any atom is -0.395 e. The Hall–Kier alpha value is -0.120. The standard InChI is InChI=1S/C13H26N2O/c1-2-6-14-12(10-16)5-7-15-9-11-3-4-13(15)8-11/h11-14,16H,2-10H2,1H3. The van der Waals surface area contributed by atoms with Crippen LogP contribution in [0.25, 0.3) is 0 Å². The highest BCUT2D eigenvalue weighted by atomic mass is 16.3. The second kappa shape index (κ2) is 5.99. The first kappa shape index (κ1) is 12.3. The zero-order valence-electron chi connectivity index (χ0n) is 10.5. The minimum absolute atomic E-state index is 0.280. The van der Waals surface area contributed by atoms with E-state index in [0.29, 0.717) is 6.04 Å². The van der Waals surface area contributed by atoms with E-state index >= 15 is 0 Å². The van der Waals surface area contributed by atoms with Crippen LogP contribution < -0.4 is 5.32 Å². The molecule has 1 aliphatic heterocycles. The minimum atomic E-state index is 0.280. The maximum absolute atomic E-state index is 9.28. The summed E-state index contributed by atoms with van der Waals surface area (Å²) < 4.78 is 0. The van der Waals surface area contributed by atoms with Crippen molar-refractivity contribution in [1.82, 2.24) is 10.2 Å². The Morgan fingerprint density at radius 2 is 2.31 bits per heavy atom. The number of fused-ring (bicyclic) bond motifs is 2. The molecule has 0 spiro atoms. The van der Waals surface area contributed by atoms with Gasteiger partial charge in [0.1, 0.15) is 0 Å². The van der Waals surface area contributed by atoms with Gasteiger partial charge in [0.05, 0.1) is 6.61 Å². The molecule has 2 fully saturated rings. The summed E-state index contributed by atoms with van der Waals surface area (Å²) >= 11 is 0. The largest absolute Gasteiger partial charge is 0.395 e. The molecule has 16 heavy (non-hydrogen) atoms. The molecule has 2 rings (SSSR count). The molecule has 0 aromatic heterocycles. The summed E-state index contributed by atoms with van der Waals surface area (Å²) in [5.74, 6) is 0.987. The molecule has 3 unspecified atom stereocenters. The fourth-order valence-corrected chi connectivity index (χ4v) is 3.23. The van der Waals surface area contributed by atoms with E-state index in [2.05, 4.69) is 17.1 Å². The van der Waals surface area contributed by atoms with Gasteiger partial charge in [-0.2, -0.15) is 0 Å². The van der Waals surface area contributed by atoms with Crippen molar-refractivity contribution in [1.29, 1.82) is 0 Å². The van der Waals surface area contributed by atoms with Crippen molar-refractivity contribution >= 4 is 0 Å². The first-order valence-electron chi connectivity index (χ1n) is 6.91. The summed E-state index contributed by atoms with van der Waals surface area (Å²) in [6, 6.07) is 1.18. The van der Waals surface area contributed by atoms with Crippen LogP contribution >= 0.6 is 0 Å². The molecule has 94 valence electrons. The topological polar surface area (TPSA) is 35.5 Å². The molecular formula is C13H26N2O. The summed E-state index contributed by atoms with van der Waals surface area (Å²) in [5, 5.41) is 12.7. The van der Waals surface area contributed by atoms with Gasteiger partial charge in [-0.15, -0.1) is 0 Å². The van der Waals surface area contributed by atoms with Crippen LogP contribution in [-0.2, 0) is 0 Å². The molecule has 0 aromatic rings. The van der Waals surface area contributed by atoms with Crippen molar-refractivity contribution < 1.29 is 5.11 Å². The first-order valence-corrected chi connectivity index (χ1v) is 6.91.